The monoisotopic (exact) mass is 426 g/mol. The summed E-state index contributed by atoms with van der Waals surface area (Å²) in [6.07, 6.45) is 0. The predicted octanol–water partition coefficient (Wildman–Crippen LogP) is 2.40. The molecule has 2 N–H and O–H groups in total. The number of hydrogen-bond donors (Lipinski definition) is 2. The van der Waals surface area contributed by atoms with Gasteiger partial charge in [-0.2, -0.15) is 5.10 Å². The predicted molar refractivity (Wildman–Crippen MR) is 112 cm³/mol. The Bertz CT molecular complexity index is 1170. The highest BCUT2D eigenvalue weighted by Crippen LogP contribution is 2.20. The van der Waals surface area contributed by atoms with E-state index in [4.69, 9.17) is 0 Å². The maximum absolute atomic E-state index is 12.7. The number of aromatic nitrogens is 2. The van der Waals surface area contributed by atoms with Crippen LogP contribution in [0.1, 0.15) is 35.9 Å². The molecule has 8 nitrogen and oxygen atoms in total. The third-order valence-electron chi connectivity index (χ3n) is 4.50. The standard InChI is InChI=1S/C21H22N4O4S/c1-14(16-9-11-18(12-10-16)30(28,29)24-15(2)26)22-21(27)20-13-19(23-25(20)3)17-7-5-4-6-8-17/h4-14H,1-3H3,(H,22,27)(H,24,26). The molecule has 0 saturated carbocycles. The minimum absolute atomic E-state index is 0.0286. The molecular formula is C21H22N4O4S. The second-order valence-electron chi connectivity index (χ2n) is 6.83. The second kappa shape index (κ2) is 8.50. The first kappa shape index (κ1) is 21.3. The topological polar surface area (TPSA) is 110 Å². The molecule has 3 rings (SSSR count). The fourth-order valence-electron chi connectivity index (χ4n) is 2.97. The van der Waals surface area contributed by atoms with Crippen molar-refractivity contribution < 1.29 is 18.0 Å². The third kappa shape index (κ3) is 4.74. The lowest BCUT2D eigenvalue weighted by Gasteiger charge is -2.15. The van der Waals surface area contributed by atoms with Crippen LogP contribution in [0.4, 0.5) is 0 Å². The van der Waals surface area contributed by atoms with Gasteiger partial charge in [0.25, 0.3) is 15.9 Å². The summed E-state index contributed by atoms with van der Waals surface area (Å²) >= 11 is 0. The minimum atomic E-state index is -3.90. The highest BCUT2D eigenvalue weighted by molar-refractivity contribution is 7.90. The van der Waals surface area contributed by atoms with Crippen molar-refractivity contribution in [3.63, 3.8) is 0 Å². The van der Waals surface area contributed by atoms with Crippen LogP contribution in [0.25, 0.3) is 11.3 Å². The number of nitrogens with one attached hydrogen (secondary N) is 2. The lowest BCUT2D eigenvalue weighted by atomic mass is 10.1. The maximum Gasteiger partial charge on any atom is 0.270 e. The maximum atomic E-state index is 12.7. The first-order valence-corrected chi connectivity index (χ1v) is 10.7. The molecule has 0 aliphatic carbocycles. The van der Waals surface area contributed by atoms with Crippen LogP contribution in [-0.4, -0.2) is 30.0 Å². The zero-order valence-corrected chi connectivity index (χ0v) is 17.6. The van der Waals surface area contributed by atoms with Gasteiger partial charge in [0.1, 0.15) is 5.69 Å². The Morgan fingerprint density at radius 3 is 2.27 bits per heavy atom. The second-order valence-corrected chi connectivity index (χ2v) is 8.51. The molecule has 0 saturated heterocycles. The van der Waals surface area contributed by atoms with Crippen LogP contribution < -0.4 is 10.0 Å². The van der Waals surface area contributed by atoms with Gasteiger partial charge in [0.05, 0.1) is 16.6 Å². The van der Waals surface area contributed by atoms with E-state index in [2.05, 4.69) is 10.4 Å². The number of amides is 2. The molecule has 0 radical (unpaired) electrons. The van der Waals surface area contributed by atoms with Crippen molar-refractivity contribution in [2.24, 2.45) is 7.05 Å². The fraction of sp³-hybridized carbons (Fsp3) is 0.190. The third-order valence-corrected chi connectivity index (χ3v) is 5.95. The zero-order valence-electron chi connectivity index (χ0n) is 16.8. The molecular weight excluding hydrogens is 404 g/mol. The number of hydrogen-bond acceptors (Lipinski definition) is 5. The molecule has 30 heavy (non-hydrogen) atoms. The summed E-state index contributed by atoms with van der Waals surface area (Å²) in [5.74, 6) is -0.958. The van der Waals surface area contributed by atoms with E-state index in [0.29, 0.717) is 11.4 Å². The van der Waals surface area contributed by atoms with Gasteiger partial charge in [-0.3, -0.25) is 14.3 Å². The van der Waals surface area contributed by atoms with E-state index in [1.165, 1.54) is 16.8 Å². The molecule has 3 aromatic rings. The van der Waals surface area contributed by atoms with Gasteiger partial charge in [-0.05, 0) is 30.7 Å². The Morgan fingerprint density at radius 1 is 1.03 bits per heavy atom. The smallest absolute Gasteiger partial charge is 0.270 e. The molecule has 0 bridgehead atoms. The van der Waals surface area contributed by atoms with E-state index in [1.807, 2.05) is 35.1 Å². The van der Waals surface area contributed by atoms with Crippen molar-refractivity contribution in [1.29, 1.82) is 0 Å². The van der Waals surface area contributed by atoms with Gasteiger partial charge >= 0.3 is 0 Å². The molecule has 0 aliphatic heterocycles. The molecule has 2 amide bonds. The Morgan fingerprint density at radius 2 is 1.67 bits per heavy atom. The molecule has 1 aromatic heterocycles. The van der Waals surface area contributed by atoms with E-state index in [-0.39, 0.29) is 16.8 Å². The average Bonchev–Trinajstić information content (AvgIpc) is 3.09. The van der Waals surface area contributed by atoms with Crippen LogP contribution in [0.15, 0.2) is 65.6 Å². The van der Waals surface area contributed by atoms with Crippen molar-refractivity contribution in [2.45, 2.75) is 24.8 Å². The fourth-order valence-corrected chi connectivity index (χ4v) is 3.96. The van der Waals surface area contributed by atoms with Crippen molar-refractivity contribution in [1.82, 2.24) is 19.8 Å². The SMILES string of the molecule is CC(=O)NS(=O)(=O)c1ccc(C(C)NC(=O)c2cc(-c3ccccc3)nn2C)cc1. The molecule has 1 atom stereocenters. The summed E-state index contributed by atoms with van der Waals surface area (Å²) in [7, 11) is -2.19. The van der Waals surface area contributed by atoms with Crippen molar-refractivity contribution in [3.05, 3.63) is 71.9 Å². The summed E-state index contributed by atoms with van der Waals surface area (Å²) in [5.41, 5.74) is 2.74. The summed E-state index contributed by atoms with van der Waals surface area (Å²) in [5, 5.41) is 7.29. The van der Waals surface area contributed by atoms with Crippen LogP contribution >= 0.6 is 0 Å². The normalized spacial score (nSPS) is 12.2. The van der Waals surface area contributed by atoms with Gasteiger partial charge in [0.2, 0.25) is 5.91 Å². The van der Waals surface area contributed by atoms with Gasteiger partial charge < -0.3 is 5.32 Å². The molecule has 1 heterocycles. The van der Waals surface area contributed by atoms with Crippen LogP contribution in [0.2, 0.25) is 0 Å². The number of nitrogens with zero attached hydrogens (tertiary/aromatic N) is 2. The van der Waals surface area contributed by atoms with Crippen molar-refractivity contribution >= 4 is 21.8 Å². The van der Waals surface area contributed by atoms with Gasteiger partial charge in [-0.25, -0.2) is 13.1 Å². The van der Waals surface area contributed by atoms with Crippen molar-refractivity contribution in [2.75, 3.05) is 0 Å². The van der Waals surface area contributed by atoms with Gasteiger partial charge in [-0.15, -0.1) is 0 Å². The first-order valence-electron chi connectivity index (χ1n) is 9.21. The largest absolute Gasteiger partial charge is 0.344 e. The van der Waals surface area contributed by atoms with Crippen LogP contribution in [-0.2, 0) is 21.9 Å². The van der Waals surface area contributed by atoms with E-state index in [9.17, 15) is 18.0 Å². The Kier molecular flexibility index (Phi) is 6.02. The summed E-state index contributed by atoms with van der Waals surface area (Å²) in [4.78, 5) is 23.7. The van der Waals surface area contributed by atoms with Crippen molar-refractivity contribution in [3.8, 4) is 11.3 Å². The van der Waals surface area contributed by atoms with Gasteiger partial charge in [-0.1, -0.05) is 42.5 Å². The van der Waals surface area contributed by atoms with Crippen LogP contribution in [0.3, 0.4) is 0 Å². The number of carbonyl (C=O) groups is 2. The Hall–Kier alpha value is -3.46. The molecule has 0 spiro atoms. The quantitative estimate of drug-likeness (QED) is 0.629. The summed E-state index contributed by atoms with van der Waals surface area (Å²) in [6, 6.07) is 16.9. The molecule has 1 unspecified atom stereocenters. The Labute approximate surface area is 175 Å². The van der Waals surface area contributed by atoms with E-state index >= 15 is 0 Å². The number of benzene rings is 2. The summed E-state index contributed by atoms with van der Waals surface area (Å²) in [6.45, 7) is 2.93. The molecule has 9 heteroatoms. The number of aryl methyl sites for hydroxylation is 1. The first-order chi connectivity index (χ1) is 14.2. The van der Waals surface area contributed by atoms with E-state index < -0.39 is 15.9 Å². The minimum Gasteiger partial charge on any atom is -0.344 e. The van der Waals surface area contributed by atoms with E-state index in [1.54, 1.807) is 32.2 Å². The van der Waals surface area contributed by atoms with Crippen LogP contribution in [0, 0.1) is 0 Å². The molecule has 2 aromatic carbocycles. The highest BCUT2D eigenvalue weighted by atomic mass is 32.2. The lowest BCUT2D eigenvalue weighted by Crippen LogP contribution is -2.29. The zero-order chi connectivity index (χ0) is 21.9. The molecule has 0 aliphatic rings. The van der Waals surface area contributed by atoms with E-state index in [0.717, 1.165) is 18.1 Å². The Balaban J connectivity index is 1.73. The van der Waals surface area contributed by atoms with Crippen LogP contribution in [0.5, 0.6) is 0 Å². The lowest BCUT2D eigenvalue weighted by molar-refractivity contribution is -0.117. The molecule has 0 fully saturated rings. The number of rotatable bonds is 6. The highest BCUT2D eigenvalue weighted by Gasteiger charge is 2.19. The number of sulfonamides is 1. The van der Waals surface area contributed by atoms with Gasteiger partial charge in [0.15, 0.2) is 0 Å². The number of carbonyl (C=O) groups excluding carboxylic acids is 2. The summed E-state index contributed by atoms with van der Waals surface area (Å²) < 4.78 is 27.5. The van der Waals surface area contributed by atoms with Gasteiger partial charge in [0, 0.05) is 19.5 Å². The molecule has 156 valence electrons. The average molecular weight is 426 g/mol.